The Balaban J connectivity index is 2.37. The van der Waals surface area contributed by atoms with Crippen molar-refractivity contribution in [3.63, 3.8) is 0 Å². The molecule has 0 saturated carbocycles. The maximum Gasteiger partial charge on any atom is 0.228 e. The molecule has 0 atom stereocenters. The second kappa shape index (κ2) is 11.8. The molecule has 2 rings (SSSR count). The van der Waals surface area contributed by atoms with Gasteiger partial charge in [-0.15, -0.1) is 0 Å². The van der Waals surface area contributed by atoms with E-state index in [1.165, 1.54) is 0 Å². The van der Waals surface area contributed by atoms with Gasteiger partial charge in [-0.25, -0.2) is 13.4 Å². The average molecular weight is 480 g/mol. The first-order chi connectivity index (χ1) is 15.0. The van der Waals surface area contributed by atoms with Crippen LogP contribution < -0.4 is 5.32 Å². The summed E-state index contributed by atoms with van der Waals surface area (Å²) >= 11 is 5.65. The third-order valence-corrected chi connectivity index (χ3v) is 6.77. The lowest BCUT2D eigenvalue weighted by Gasteiger charge is -2.29. The molecular weight excluding hydrogens is 442 g/mol. The number of aromatic nitrogens is 2. The fraction of sp³-hybridized carbons (Fsp3) is 0.565. The molecule has 0 aliphatic carbocycles. The molecule has 32 heavy (non-hydrogen) atoms. The van der Waals surface area contributed by atoms with E-state index < -0.39 is 9.84 Å². The van der Waals surface area contributed by atoms with Gasteiger partial charge in [0.2, 0.25) is 15.0 Å². The van der Waals surface area contributed by atoms with Gasteiger partial charge < -0.3 is 19.7 Å². The molecule has 1 N–H and O–H groups in total. The lowest BCUT2D eigenvalue weighted by Crippen LogP contribution is -2.45. The number of rotatable bonds is 11. The highest BCUT2D eigenvalue weighted by molar-refractivity contribution is 7.90. The SMILES string of the molecule is CC(C)Cn1c(CN(CCN(C)C)C(=S)NC(C)C)cnc1S(=O)(=O)Cc1ccccc1. The van der Waals surface area contributed by atoms with E-state index in [0.29, 0.717) is 18.2 Å². The van der Waals surface area contributed by atoms with E-state index in [0.717, 1.165) is 24.3 Å². The molecule has 178 valence electrons. The smallest absolute Gasteiger partial charge is 0.228 e. The van der Waals surface area contributed by atoms with Crippen LogP contribution in [0, 0.1) is 5.92 Å². The molecule has 0 fully saturated rings. The Bertz CT molecular complexity index is 970. The minimum Gasteiger partial charge on any atom is -0.360 e. The Morgan fingerprint density at radius 2 is 1.78 bits per heavy atom. The topological polar surface area (TPSA) is 70.5 Å². The monoisotopic (exact) mass is 479 g/mol. The number of sulfone groups is 1. The molecule has 0 amide bonds. The first-order valence-electron chi connectivity index (χ1n) is 11.0. The van der Waals surface area contributed by atoms with Gasteiger partial charge >= 0.3 is 0 Å². The summed E-state index contributed by atoms with van der Waals surface area (Å²) < 4.78 is 28.4. The number of thiocarbonyl (C=S) groups is 1. The van der Waals surface area contributed by atoms with Crippen molar-refractivity contribution in [3.8, 4) is 0 Å². The van der Waals surface area contributed by atoms with Crippen molar-refractivity contribution in [2.75, 3.05) is 27.2 Å². The van der Waals surface area contributed by atoms with E-state index in [4.69, 9.17) is 12.2 Å². The molecule has 0 unspecified atom stereocenters. The summed E-state index contributed by atoms with van der Waals surface area (Å²) in [4.78, 5) is 8.56. The summed E-state index contributed by atoms with van der Waals surface area (Å²) in [6.45, 7) is 10.9. The Morgan fingerprint density at radius 1 is 1.12 bits per heavy atom. The van der Waals surface area contributed by atoms with E-state index >= 15 is 0 Å². The van der Waals surface area contributed by atoms with Crippen LogP contribution >= 0.6 is 12.2 Å². The van der Waals surface area contributed by atoms with E-state index in [1.54, 1.807) is 6.20 Å². The van der Waals surface area contributed by atoms with Crippen molar-refractivity contribution >= 4 is 27.2 Å². The third kappa shape index (κ3) is 7.86. The molecule has 9 heteroatoms. The van der Waals surface area contributed by atoms with E-state index in [2.05, 4.69) is 33.9 Å². The molecule has 1 aromatic carbocycles. The van der Waals surface area contributed by atoms with Crippen molar-refractivity contribution in [2.45, 2.75) is 57.7 Å². The maximum absolute atomic E-state index is 13.3. The summed E-state index contributed by atoms with van der Waals surface area (Å²) in [5, 5.41) is 4.09. The fourth-order valence-corrected chi connectivity index (χ4v) is 5.18. The fourth-order valence-electron chi connectivity index (χ4n) is 3.29. The van der Waals surface area contributed by atoms with Crippen LogP contribution in [-0.2, 0) is 28.7 Å². The summed E-state index contributed by atoms with van der Waals surface area (Å²) in [6.07, 6.45) is 1.68. The Labute approximate surface area is 198 Å². The molecule has 1 aromatic heterocycles. The van der Waals surface area contributed by atoms with Crippen molar-refractivity contribution in [1.29, 1.82) is 0 Å². The summed E-state index contributed by atoms with van der Waals surface area (Å²) in [6, 6.07) is 9.45. The molecule has 0 aliphatic heterocycles. The number of nitrogens with one attached hydrogen (secondary N) is 1. The number of hydrogen-bond acceptors (Lipinski definition) is 5. The van der Waals surface area contributed by atoms with Crippen LogP contribution in [0.1, 0.15) is 39.0 Å². The van der Waals surface area contributed by atoms with E-state index in [9.17, 15) is 8.42 Å². The standard InChI is InChI=1S/C23H37N5O2S2/c1-18(2)15-28-21(16-27(13-12-26(5)6)22(31)25-19(3)4)14-24-23(28)32(29,30)17-20-10-8-7-9-11-20/h7-11,14,18-19H,12-13,15-17H2,1-6H3,(H,25,31). The lowest BCUT2D eigenvalue weighted by atomic mass is 10.2. The zero-order chi connectivity index (χ0) is 23.9. The van der Waals surface area contributed by atoms with Crippen LogP contribution in [0.2, 0.25) is 0 Å². The van der Waals surface area contributed by atoms with Crippen LogP contribution in [0.3, 0.4) is 0 Å². The van der Waals surface area contributed by atoms with Crippen molar-refractivity contribution in [2.24, 2.45) is 5.92 Å². The first-order valence-corrected chi connectivity index (χ1v) is 13.1. The highest BCUT2D eigenvalue weighted by Gasteiger charge is 2.25. The van der Waals surface area contributed by atoms with Gasteiger partial charge in [0, 0.05) is 25.7 Å². The Hall–Kier alpha value is -1.97. The molecule has 0 saturated heterocycles. The zero-order valence-electron chi connectivity index (χ0n) is 20.1. The van der Waals surface area contributed by atoms with Gasteiger partial charge in [-0.3, -0.25) is 0 Å². The Kier molecular flexibility index (Phi) is 9.66. The van der Waals surface area contributed by atoms with Gasteiger partial charge in [-0.2, -0.15) is 0 Å². The maximum atomic E-state index is 13.3. The quantitative estimate of drug-likeness (QED) is 0.497. The average Bonchev–Trinajstić information content (AvgIpc) is 3.07. The minimum absolute atomic E-state index is 0.0694. The van der Waals surface area contributed by atoms with Crippen LogP contribution in [0.15, 0.2) is 41.7 Å². The lowest BCUT2D eigenvalue weighted by molar-refractivity contribution is 0.313. The minimum atomic E-state index is -3.59. The number of likely N-dealkylation sites (N-methyl/N-ethyl adjacent to an activating group) is 1. The molecule has 0 spiro atoms. The highest BCUT2D eigenvalue weighted by Crippen LogP contribution is 2.20. The third-order valence-electron chi connectivity index (χ3n) is 4.80. The van der Waals surface area contributed by atoms with Crippen molar-refractivity contribution in [3.05, 3.63) is 47.8 Å². The second-order valence-electron chi connectivity index (χ2n) is 9.11. The van der Waals surface area contributed by atoms with Gasteiger partial charge in [0.15, 0.2) is 5.11 Å². The van der Waals surface area contributed by atoms with Crippen LogP contribution in [0.5, 0.6) is 0 Å². The van der Waals surface area contributed by atoms with Crippen LogP contribution in [0.25, 0.3) is 0 Å². The van der Waals surface area contributed by atoms with Crippen LogP contribution in [0.4, 0.5) is 0 Å². The molecule has 1 heterocycles. The number of hydrogen-bond donors (Lipinski definition) is 1. The van der Waals surface area contributed by atoms with Gasteiger partial charge in [-0.05, 0) is 51.6 Å². The van der Waals surface area contributed by atoms with Gasteiger partial charge in [0.1, 0.15) is 0 Å². The molecule has 0 bridgehead atoms. The Morgan fingerprint density at radius 3 is 2.34 bits per heavy atom. The normalized spacial score (nSPS) is 12.0. The van der Waals surface area contributed by atoms with Gasteiger partial charge in [-0.1, -0.05) is 44.2 Å². The zero-order valence-corrected chi connectivity index (χ0v) is 21.7. The summed E-state index contributed by atoms with van der Waals surface area (Å²) in [5.41, 5.74) is 1.60. The second-order valence-corrected chi connectivity index (χ2v) is 11.4. The summed E-state index contributed by atoms with van der Waals surface area (Å²) in [5.74, 6) is 0.199. The predicted octanol–water partition coefficient (Wildman–Crippen LogP) is 3.16. The molecular formula is C23H37N5O2S2. The van der Waals surface area contributed by atoms with Crippen molar-refractivity contribution in [1.82, 2.24) is 24.7 Å². The molecule has 0 aliphatic rings. The number of benzene rings is 1. The van der Waals surface area contributed by atoms with E-state index in [1.807, 2.05) is 62.8 Å². The molecule has 0 radical (unpaired) electrons. The predicted molar refractivity (Wildman–Crippen MR) is 134 cm³/mol. The van der Waals surface area contributed by atoms with E-state index in [-0.39, 0.29) is 22.9 Å². The highest BCUT2D eigenvalue weighted by atomic mass is 32.2. The van der Waals surface area contributed by atoms with Gasteiger partial charge in [0.25, 0.3) is 0 Å². The number of imidazole rings is 1. The van der Waals surface area contributed by atoms with Crippen LogP contribution in [-0.4, -0.2) is 66.1 Å². The van der Waals surface area contributed by atoms with Crippen molar-refractivity contribution < 1.29 is 8.42 Å². The van der Waals surface area contributed by atoms with Gasteiger partial charge in [0.05, 0.1) is 24.2 Å². The molecule has 2 aromatic rings. The number of nitrogens with zero attached hydrogens (tertiary/aromatic N) is 4. The molecule has 7 nitrogen and oxygen atoms in total. The summed E-state index contributed by atoms with van der Waals surface area (Å²) in [7, 11) is 0.452. The first kappa shape index (κ1) is 26.3. The largest absolute Gasteiger partial charge is 0.360 e.